The van der Waals surface area contributed by atoms with Crippen molar-refractivity contribution in [3.8, 4) is 0 Å². The van der Waals surface area contributed by atoms with E-state index in [9.17, 15) is 9.59 Å². The Bertz CT molecular complexity index is 434. The number of halogens is 1. The number of hydrogen-bond acceptors (Lipinski definition) is 2. The first kappa shape index (κ1) is 14.5. The molecule has 1 rings (SSSR count). The number of carboxylic acid groups (broad SMARTS) is 1. The van der Waals surface area contributed by atoms with Gasteiger partial charge in [-0.1, -0.05) is 24.6 Å². The van der Waals surface area contributed by atoms with E-state index in [1.54, 1.807) is 24.3 Å². The second-order valence-electron chi connectivity index (χ2n) is 3.92. The smallest absolute Gasteiger partial charge is 0.305 e. The number of carbonyl (C=O) groups excluding carboxylic acids is 1. The molecule has 4 nitrogen and oxygen atoms in total. The SMILES string of the molecule is CCCC(=O)N(CCC(=O)O)c1cccc(Cl)c1. The first-order chi connectivity index (χ1) is 8.54. The molecule has 1 N–H and O–H groups in total. The second kappa shape index (κ2) is 7.01. The van der Waals surface area contributed by atoms with Crippen molar-refractivity contribution in [2.24, 2.45) is 0 Å². The highest BCUT2D eigenvalue weighted by Crippen LogP contribution is 2.20. The topological polar surface area (TPSA) is 57.6 Å². The van der Waals surface area contributed by atoms with Crippen molar-refractivity contribution >= 4 is 29.2 Å². The summed E-state index contributed by atoms with van der Waals surface area (Å²) in [7, 11) is 0. The minimum Gasteiger partial charge on any atom is -0.481 e. The van der Waals surface area contributed by atoms with Gasteiger partial charge in [0.15, 0.2) is 0 Å². The number of aliphatic carboxylic acids is 1. The Morgan fingerprint density at radius 2 is 2.06 bits per heavy atom. The van der Waals surface area contributed by atoms with Gasteiger partial charge in [0.25, 0.3) is 0 Å². The predicted octanol–water partition coefficient (Wildman–Crippen LogP) is 2.95. The summed E-state index contributed by atoms with van der Waals surface area (Å²) in [6.45, 7) is 2.07. The first-order valence-corrected chi connectivity index (χ1v) is 6.20. The summed E-state index contributed by atoms with van der Waals surface area (Å²) >= 11 is 5.88. The molecule has 0 fully saturated rings. The van der Waals surface area contributed by atoms with Crippen LogP contribution in [0.5, 0.6) is 0 Å². The number of benzene rings is 1. The fourth-order valence-corrected chi connectivity index (χ4v) is 1.78. The van der Waals surface area contributed by atoms with Crippen LogP contribution in [0.2, 0.25) is 5.02 Å². The predicted molar refractivity (Wildman–Crippen MR) is 71.0 cm³/mol. The first-order valence-electron chi connectivity index (χ1n) is 5.82. The lowest BCUT2D eigenvalue weighted by molar-refractivity contribution is -0.136. The molecule has 0 aliphatic carbocycles. The van der Waals surface area contributed by atoms with E-state index in [0.29, 0.717) is 17.1 Å². The molecule has 98 valence electrons. The normalized spacial score (nSPS) is 10.1. The standard InChI is InChI=1S/C13H16ClNO3/c1-2-4-12(16)15(8-7-13(17)18)11-6-3-5-10(14)9-11/h3,5-6,9H,2,4,7-8H2,1H3,(H,17,18). The van der Waals surface area contributed by atoms with E-state index in [1.807, 2.05) is 6.92 Å². The summed E-state index contributed by atoms with van der Waals surface area (Å²) in [6, 6.07) is 6.87. The summed E-state index contributed by atoms with van der Waals surface area (Å²) < 4.78 is 0. The maximum atomic E-state index is 12.0. The van der Waals surface area contributed by atoms with Crippen molar-refractivity contribution in [2.45, 2.75) is 26.2 Å². The van der Waals surface area contributed by atoms with E-state index in [-0.39, 0.29) is 18.9 Å². The maximum absolute atomic E-state index is 12.0. The molecule has 1 aromatic carbocycles. The third-order valence-electron chi connectivity index (χ3n) is 2.43. The molecule has 0 saturated heterocycles. The second-order valence-corrected chi connectivity index (χ2v) is 4.36. The summed E-state index contributed by atoms with van der Waals surface area (Å²) in [5.74, 6) is -1.01. The number of carboxylic acids is 1. The van der Waals surface area contributed by atoms with Gasteiger partial charge in [0.1, 0.15) is 0 Å². The third kappa shape index (κ3) is 4.37. The molecule has 0 saturated carbocycles. The van der Waals surface area contributed by atoms with Crippen LogP contribution in [0.25, 0.3) is 0 Å². The Balaban J connectivity index is 2.88. The zero-order valence-electron chi connectivity index (χ0n) is 10.2. The van der Waals surface area contributed by atoms with Crippen molar-refractivity contribution < 1.29 is 14.7 Å². The molecule has 0 heterocycles. The summed E-state index contributed by atoms with van der Waals surface area (Å²) in [5, 5.41) is 9.24. The third-order valence-corrected chi connectivity index (χ3v) is 2.67. The molecular formula is C13H16ClNO3. The lowest BCUT2D eigenvalue weighted by Gasteiger charge is -2.22. The monoisotopic (exact) mass is 269 g/mol. The number of anilines is 1. The van der Waals surface area contributed by atoms with Crippen molar-refractivity contribution in [3.05, 3.63) is 29.3 Å². The molecule has 5 heteroatoms. The minimum atomic E-state index is -0.925. The van der Waals surface area contributed by atoms with E-state index in [0.717, 1.165) is 6.42 Å². The van der Waals surface area contributed by atoms with Crippen LogP contribution in [0.3, 0.4) is 0 Å². The number of hydrogen-bond donors (Lipinski definition) is 1. The van der Waals surface area contributed by atoms with Crippen LogP contribution in [0.4, 0.5) is 5.69 Å². The molecule has 0 bridgehead atoms. The zero-order valence-corrected chi connectivity index (χ0v) is 11.0. The Kier molecular flexibility index (Phi) is 5.65. The summed E-state index contributed by atoms with van der Waals surface area (Å²) in [5.41, 5.74) is 0.641. The zero-order chi connectivity index (χ0) is 13.5. The number of nitrogens with zero attached hydrogens (tertiary/aromatic N) is 1. The van der Waals surface area contributed by atoms with Gasteiger partial charge in [-0.25, -0.2) is 0 Å². The van der Waals surface area contributed by atoms with Crippen LogP contribution >= 0.6 is 11.6 Å². The largest absolute Gasteiger partial charge is 0.481 e. The van der Waals surface area contributed by atoms with E-state index in [4.69, 9.17) is 16.7 Å². The highest BCUT2D eigenvalue weighted by atomic mass is 35.5. The van der Waals surface area contributed by atoms with Gasteiger partial charge < -0.3 is 10.0 Å². The van der Waals surface area contributed by atoms with E-state index in [1.165, 1.54) is 4.90 Å². The van der Waals surface area contributed by atoms with Crippen LogP contribution in [-0.2, 0) is 9.59 Å². The number of carbonyl (C=O) groups is 2. The van der Waals surface area contributed by atoms with E-state index < -0.39 is 5.97 Å². The fraction of sp³-hybridized carbons (Fsp3) is 0.385. The number of amides is 1. The van der Waals surface area contributed by atoms with Crippen LogP contribution in [0.1, 0.15) is 26.2 Å². The molecule has 0 aromatic heterocycles. The molecule has 1 amide bonds. The van der Waals surface area contributed by atoms with Gasteiger partial charge in [-0.2, -0.15) is 0 Å². The van der Waals surface area contributed by atoms with E-state index in [2.05, 4.69) is 0 Å². The molecule has 0 spiro atoms. The van der Waals surface area contributed by atoms with Crippen molar-refractivity contribution in [1.82, 2.24) is 0 Å². The van der Waals surface area contributed by atoms with Gasteiger partial charge in [0.2, 0.25) is 5.91 Å². The molecule has 0 aliphatic rings. The van der Waals surface area contributed by atoms with E-state index >= 15 is 0 Å². The van der Waals surface area contributed by atoms with Crippen LogP contribution in [0, 0.1) is 0 Å². The highest BCUT2D eigenvalue weighted by molar-refractivity contribution is 6.30. The van der Waals surface area contributed by atoms with Gasteiger partial charge in [-0.05, 0) is 24.6 Å². The molecule has 0 atom stereocenters. The molecule has 1 aromatic rings. The fourth-order valence-electron chi connectivity index (χ4n) is 1.60. The Labute approximate surface area is 111 Å². The van der Waals surface area contributed by atoms with Crippen molar-refractivity contribution in [3.63, 3.8) is 0 Å². The van der Waals surface area contributed by atoms with Crippen LogP contribution in [0.15, 0.2) is 24.3 Å². The minimum absolute atomic E-state index is 0.0814. The average Bonchev–Trinajstić information content (AvgIpc) is 2.29. The molecule has 0 aliphatic heterocycles. The molecular weight excluding hydrogens is 254 g/mol. The van der Waals surface area contributed by atoms with Crippen molar-refractivity contribution in [1.29, 1.82) is 0 Å². The lowest BCUT2D eigenvalue weighted by Crippen LogP contribution is -2.32. The lowest BCUT2D eigenvalue weighted by atomic mass is 10.2. The molecule has 0 unspecified atom stereocenters. The Hall–Kier alpha value is -1.55. The highest BCUT2D eigenvalue weighted by Gasteiger charge is 2.16. The van der Waals surface area contributed by atoms with Crippen molar-refractivity contribution in [2.75, 3.05) is 11.4 Å². The van der Waals surface area contributed by atoms with Crippen LogP contribution in [-0.4, -0.2) is 23.5 Å². The maximum Gasteiger partial charge on any atom is 0.305 e. The van der Waals surface area contributed by atoms with Gasteiger partial charge in [-0.3, -0.25) is 9.59 Å². The quantitative estimate of drug-likeness (QED) is 0.864. The summed E-state index contributed by atoms with van der Waals surface area (Å²) in [6.07, 6.45) is 1.04. The van der Waals surface area contributed by atoms with Gasteiger partial charge >= 0.3 is 5.97 Å². The number of rotatable bonds is 6. The van der Waals surface area contributed by atoms with Gasteiger partial charge in [0.05, 0.1) is 6.42 Å². The Morgan fingerprint density at radius 3 is 2.61 bits per heavy atom. The molecule has 18 heavy (non-hydrogen) atoms. The Morgan fingerprint density at radius 1 is 1.33 bits per heavy atom. The van der Waals surface area contributed by atoms with Gasteiger partial charge in [0, 0.05) is 23.7 Å². The summed E-state index contributed by atoms with van der Waals surface area (Å²) in [4.78, 5) is 24.1. The van der Waals surface area contributed by atoms with Gasteiger partial charge in [-0.15, -0.1) is 0 Å². The molecule has 0 radical (unpaired) electrons. The van der Waals surface area contributed by atoms with Crippen LogP contribution < -0.4 is 4.90 Å². The average molecular weight is 270 g/mol.